The molecule has 0 spiro atoms. The van der Waals surface area contributed by atoms with Crippen molar-refractivity contribution in [3.63, 3.8) is 0 Å². The normalized spacial score (nSPS) is 13.7. The van der Waals surface area contributed by atoms with Crippen LogP contribution in [-0.2, 0) is 37.5 Å². The standard InChI is InChI=1S/C50H94NO10P/c1-3-5-7-9-11-13-15-17-19-21-22-23-24-26-28-30-32-34-36-38-40-42-49(53)61-46(44-59-62(56,57)60-45-47(51)50(54)55)43-58-48(52)41-39-37-35-33-31-29-27-25-20-18-16-14-12-10-8-6-4-2/h17-20,46-47H,3-16,21-45,51H2,1-2H3,(H,54,55)(H,56,57)/b19-17+,20-18+/t46-,47+/m1/s1. The molecule has 11 nitrogen and oxygen atoms in total. The third-order valence-corrected chi connectivity index (χ3v) is 12.1. The van der Waals surface area contributed by atoms with Crippen LogP contribution in [0.25, 0.3) is 0 Å². The first kappa shape index (κ1) is 60.0. The molecule has 0 aromatic heterocycles. The average molecular weight is 900 g/mol. The van der Waals surface area contributed by atoms with Crippen molar-refractivity contribution in [1.29, 1.82) is 0 Å². The molecule has 3 atom stereocenters. The molecule has 0 aromatic rings. The Kier molecular flexibility index (Phi) is 44.0. The largest absolute Gasteiger partial charge is 0.480 e. The van der Waals surface area contributed by atoms with E-state index in [0.29, 0.717) is 12.8 Å². The van der Waals surface area contributed by atoms with Gasteiger partial charge in [-0.1, -0.05) is 192 Å². The van der Waals surface area contributed by atoms with E-state index in [-0.39, 0.29) is 19.4 Å². The number of rotatable bonds is 48. The van der Waals surface area contributed by atoms with Crippen molar-refractivity contribution in [3.05, 3.63) is 24.3 Å². The monoisotopic (exact) mass is 900 g/mol. The minimum Gasteiger partial charge on any atom is -0.480 e. The summed E-state index contributed by atoms with van der Waals surface area (Å²) in [7, 11) is -4.72. The summed E-state index contributed by atoms with van der Waals surface area (Å²) in [5, 5.41) is 8.92. The summed E-state index contributed by atoms with van der Waals surface area (Å²) in [6.07, 6.45) is 49.5. The Balaban J connectivity index is 4.24. The molecule has 4 N–H and O–H groups in total. The van der Waals surface area contributed by atoms with Gasteiger partial charge in [0.1, 0.15) is 12.6 Å². The lowest BCUT2D eigenvalue weighted by Crippen LogP contribution is -2.34. The van der Waals surface area contributed by atoms with Crippen molar-refractivity contribution in [2.75, 3.05) is 19.8 Å². The van der Waals surface area contributed by atoms with Crippen LogP contribution in [0, 0.1) is 0 Å². The van der Waals surface area contributed by atoms with E-state index in [2.05, 4.69) is 42.7 Å². The highest BCUT2D eigenvalue weighted by molar-refractivity contribution is 7.47. The zero-order valence-corrected chi connectivity index (χ0v) is 40.6. The van der Waals surface area contributed by atoms with Gasteiger partial charge in [-0.3, -0.25) is 23.4 Å². The van der Waals surface area contributed by atoms with E-state index in [1.807, 2.05) is 0 Å². The number of carboxylic acids is 1. The fraction of sp³-hybridized carbons (Fsp3) is 0.860. The van der Waals surface area contributed by atoms with Crippen LogP contribution in [0.2, 0.25) is 0 Å². The first-order valence-electron chi connectivity index (χ1n) is 25.4. The minimum atomic E-state index is -4.72. The molecule has 0 amide bonds. The average Bonchev–Trinajstić information content (AvgIpc) is 3.25. The second-order valence-electron chi connectivity index (χ2n) is 17.3. The first-order valence-corrected chi connectivity index (χ1v) is 26.9. The van der Waals surface area contributed by atoms with Crippen LogP contribution in [0.4, 0.5) is 0 Å². The lowest BCUT2D eigenvalue weighted by molar-refractivity contribution is -0.161. The number of hydrogen-bond donors (Lipinski definition) is 3. The molecule has 0 rings (SSSR count). The molecule has 0 radical (unpaired) electrons. The van der Waals surface area contributed by atoms with Crippen LogP contribution < -0.4 is 5.73 Å². The molecule has 0 aliphatic rings. The fourth-order valence-corrected chi connectivity index (χ4v) is 7.95. The van der Waals surface area contributed by atoms with Crippen molar-refractivity contribution < 1.29 is 47.5 Å². The topological polar surface area (TPSA) is 172 Å². The maximum Gasteiger partial charge on any atom is 0.472 e. The molecule has 0 saturated carbocycles. The number of carbonyl (C=O) groups excluding carboxylic acids is 2. The highest BCUT2D eigenvalue weighted by Gasteiger charge is 2.28. The van der Waals surface area contributed by atoms with Gasteiger partial charge in [0.25, 0.3) is 0 Å². The van der Waals surface area contributed by atoms with Gasteiger partial charge in [-0.15, -0.1) is 0 Å². The van der Waals surface area contributed by atoms with Gasteiger partial charge in [0.2, 0.25) is 0 Å². The molecule has 0 heterocycles. The number of carboxylic acid groups (broad SMARTS) is 1. The number of unbranched alkanes of at least 4 members (excludes halogenated alkanes) is 30. The van der Waals surface area contributed by atoms with E-state index in [9.17, 15) is 23.8 Å². The van der Waals surface area contributed by atoms with Crippen molar-refractivity contribution in [2.24, 2.45) is 5.73 Å². The molecule has 1 unspecified atom stereocenters. The molecular weight excluding hydrogens is 806 g/mol. The predicted octanol–water partition coefficient (Wildman–Crippen LogP) is 14.2. The Morgan fingerprint density at radius 2 is 0.806 bits per heavy atom. The summed E-state index contributed by atoms with van der Waals surface area (Å²) >= 11 is 0. The summed E-state index contributed by atoms with van der Waals surface area (Å²) in [6.45, 7) is 2.83. The minimum absolute atomic E-state index is 0.162. The maximum atomic E-state index is 12.7. The SMILES string of the molecule is CCCCCCCC/C=C/CCCCCCCCCCCCCC(=O)O[C@H](COC(=O)CCCCCCCCC/C=C/CCCCCCCC)COP(=O)(O)OC[C@H](N)C(=O)O. The van der Waals surface area contributed by atoms with Crippen molar-refractivity contribution in [2.45, 2.75) is 257 Å². The predicted molar refractivity (Wildman–Crippen MR) is 254 cm³/mol. The van der Waals surface area contributed by atoms with Crippen molar-refractivity contribution in [1.82, 2.24) is 0 Å². The van der Waals surface area contributed by atoms with Gasteiger partial charge in [0.05, 0.1) is 13.2 Å². The Hall–Kier alpha value is -2.04. The molecular formula is C50H94NO10P. The third kappa shape index (κ3) is 44.6. The smallest absolute Gasteiger partial charge is 0.472 e. The number of hydrogen-bond acceptors (Lipinski definition) is 9. The summed E-state index contributed by atoms with van der Waals surface area (Å²) in [6, 6.07) is -1.52. The van der Waals surface area contributed by atoms with Crippen LogP contribution in [0.3, 0.4) is 0 Å². The molecule has 0 bridgehead atoms. The summed E-state index contributed by atoms with van der Waals surface area (Å²) < 4.78 is 32.8. The molecule has 0 aromatic carbocycles. The zero-order chi connectivity index (χ0) is 45.6. The van der Waals surface area contributed by atoms with Crippen LogP contribution in [-0.4, -0.2) is 59.9 Å². The molecule has 364 valence electrons. The van der Waals surface area contributed by atoms with E-state index >= 15 is 0 Å². The summed E-state index contributed by atoms with van der Waals surface area (Å²) in [4.78, 5) is 46.2. The molecule has 62 heavy (non-hydrogen) atoms. The van der Waals surface area contributed by atoms with Crippen LogP contribution in [0.15, 0.2) is 24.3 Å². The summed E-state index contributed by atoms with van der Waals surface area (Å²) in [5.74, 6) is -2.37. The quantitative estimate of drug-likeness (QED) is 0.0230. The Labute approximate surface area is 379 Å². The van der Waals surface area contributed by atoms with Gasteiger partial charge in [0, 0.05) is 12.8 Å². The number of phosphoric ester groups is 1. The van der Waals surface area contributed by atoms with Gasteiger partial charge >= 0.3 is 25.7 Å². The second kappa shape index (κ2) is 45.5. The van der Waals surface area contributed by atoms with E-state index in [4.69, 9.17) is 24.8 Å². The van der Waals surface area contributed by atoms with Gasteiger partial charge in [0.15, 0.2) is 6.10 Å². The molecule has 12 heteroatoms. The van der Waals surface area contributed by atoms with E-state index in [1.165, 1.54) is 161 Å². The Bertz CT molecular complexity index is 1150. The van der Waals surface area contributed by atoms with Crippen LogP contribution in [0.1, 0.15) is 245 Å². The molecule has 0 fully saturated rings. The number of aliphatic carboxylic acids is 1. The Morgan fingerprint density at radius 3 is 1.18 bits per heavy atom. The lowest BCUT2D eigenvalue weighted by atomic mass is 10.0. The molecule has 0 aliphatic heterocycles. The van der Waals surface area contributed by atoms with Gasteiger partial charge < -0.3 is 25.2 Å². The van der Waals surface area contributed by atoms with E-state index in [1.54, 1.807) is 0 Å². The maximum absolute atomic E-state index is 12.7. The first-order chi connectivity index (χ1) is 30.1. The Morgan fingerprint density at radius 1 is 0.484 bits per heavy atom. The third-order valence-electron chi connectivity index (χ3n) is 11.2. The fourth-order valence-electron chi connectivity index (χ4n) is 7.17. The van der Waals surface area contributed by atoms with Gasteiger partial charge in [-0.2, -0.15) is 0 Å². The van der Waals surface area contributed by atoms with Gasteiger partial charge in [-0.25, -0.2) is 4.57 Å². The van der Waals surface area contributed by atoms with Crippen LogP contribution >= 0.6 is 7.82 Å². The zero-order valence-electron chi connectivity index (χ0n) is 39.7. The number of ether oxygens (including phenoxy) is 2. The van der Waals surface area contributed by atoms with Crippen LogP contribution in [0.5, 0.6) is 0 Å². The number of allylic oxidation sites excluding steroid dienone is 4. The summed E-state index contributed by atoms with van der Waals surface area (Å²) in [5.41, 5.74) is 5.35. The van der Waals surface area contributed by atoms with E-state index in [0.717, 1.165) is 44.9 Å². The number of esters is 2. The van der Waals surface area contributed by atoms with Gasteiger partial charge in [-0.05, 0) is 64.2 Å². The van der Waals surface area contributed by atoms with Crippen molar-refractivity contribution in [3.8, 4) is 0 Å². The lowest BCUT2D eigenvalue weighted by Gasteiger charge is -2.20. The molecule has 0 saturated heterocycles. The van der Waals surface area contributed by atoms with E-state index < -0.39 is 51.1 Å². The highest BCUT2D eigenvalue weighted by atomic mass is 31.2. The highest BCUT2D eigenvalue weighted by Crippen LogP contribution is 2.43. The second-order valence-corrected chi connectivity index (χ2v) is 18.8. The number of phosphoric acid groups is 1. The van der Waals surface area contributed by atoms with Crippen molar-refractivity contribution >= 4 is 25.7 Å². The number of nitrogens with two attached hydrogens (primary N) is 1. The molecule has 0 aliphatic carbocycles. The number of carbonyl (C=O) groups is 3.